The minimum absolute atomic E-state index is 0.0303. The molecule has 6 heteroatoms. The molecule has 1 fully saturated rings. The SMILES string of the molecule is CN(C)C(=O)[C@@H]1CCCN1CC(=O)Nc1ccccc1C#N. The van der Waals surface area contributed by atoms with Gasteiger partial charge in [0.1, 0.15) is 6.07 Å². The third-order valence-corrected chi connectivity index (χ3v) is 3.76. The van der Waals surface area contributed by atoms with Gasteiger partial charge >= 0.3 is 0 Å². The van der Waals surface area contributed by atoms with Gasteiger partial charge in [-0.3, -0.25) is 14.5 Å². The second kappa shape index (κ2) is 7.05. The van der Waals surface area contributed by atoms with E-state index in [0.717, 1.165) is 19.4 Å². The molecule has 0 aliphatic carbocycles. The van der Waals surface area contributed by atoms with E-state index >= 15 is 0 Å². The van der Waals surface area contributed by atoms with Crippen LogP contribution in [0, 0.1) is 11.3 Å². The number of hydrogen-bond donors (Lipinski definition) is 1. The minimum Gasteiger partial charge on any atom is -0.347 e. The van der Waals surface area contributed by atoms with Gasteiger partial charge in [-0.2, -0.15) is 5.26 Å². The summed E-state index contributed by atoms with van der Waals surface area (Å²) < 4.78 is 0. The highest BCUT2D eigenvalue weighted by Crippen LogP contribution is 2.19. The normalized spacial score (nSPS) is 17.8. The summed E-state index contributed by atoms with van der Waals surface area (Å²) in [6, 6.07) is 8.69. The summed E-state index contributed by atoms with van der Waals surface area (Å²) in [4.78, 5) is 27.7. The standard InChI is InChI=1S/C16H20N4O2/c1-19(2)16(22)14-8-5-9-20(14)11-15(21)18-13-7-4-3-6-12(13)10-17/h3-4,6-7,14H,5,8-9,11H2,1-2H3,(H,18,21)/t14-/m0/s1. The summed E-state index contributed by atoms with van der Waals surface area (Å²) in [7, 11) is 3.45. The van der Waals surface area contributed by atoms with E-state index in [2.05, 4.69) is 5.32 Å². The number of carbonyl (C=O) groups is 2. The van der Waals surface area contributed by atoms with Gasteiger partial charge in [-0.25, -0.2) is 0 Å². The zero-order valence-electron chi connectivity index (χ0n) is 12.9. The van der Waals surface area contributed by atoms with Crippen LogP contribution in [-0.2, 0) is 9.59 Å². The van der Waals surface area contributed by atoms with Gasteiger partial charge < -0.3 is 10.2 Å². The van der Waals surface area contributed by atoms with E-state index in [-0.39, 0.29) is 24.4 Å². The molecule has 1 N–H and O–H groups in total. The van der Waals surface area contributed by atoms with Gasteiger partial charge in [0.25, 0.3) is 0 Å². The van der Waals surface area contributed by atoms with Crippen molar-refractivity contribution >= 4 is 17.5 Å². The number of nitriles is 1. The van der Waals surface area contributed by atoms with Gasteiger partial charge in [0.2, 0.25) is 11.8 Å². The first-order valence-corrected chi connectivity index (χ1v) is 7.27. The number of nitrogens with one attached hydrogen (secondary N) is 1. The van der Waals surface area contributed by atoms with Crippen molar-refractivity contribution in [2.75, 3.05) is 32.5 Å². The van der Waals surface area contributed by atoms with E-state index in [1.165, 1.54) is 0 Å². The first kappa shape index (κ1) is 16.0. The lowest BCUT2D eigenvalue weighted by Crippen LogP contribution is -2.45. The van der Waals surface area contributed by atoms with Crippen LogP contribution in [0.5, 0.6) is 0 Å². The Morgan fingerprint density at radius 3 is 2.82 bits per heavy atom. The predicted octanol–water partition coefficient (Wildman–Crippen LogP) is 1.05. The van der Waals surface area contributed by atoms with Crippen LogP contribution in [-0.4, -0.2) is 54.8 Å². The number of amides is 2. The molecule has 0 unspecified atom stereocenters. The number of anilines is 1. The highest BCUT2D eigenvalue weighted by molar-refractivity contribution is 5.94. The summed E-state index contributed by atoms with van der Waals surface area (Å²) >= 11 is 0. The third kappa shape index (κ3) is 3.62. The van der Waals surface area contributed by atoms with Crippen LogP contribution in [0.15, 0.2) is 24.3 Å². The number of carbonyl (C=O) groups excluding carboxylic acids is 2. The van der Waals surface area contributed by atoms with Crippen LogP contribution in [0.4, 0.5) is 5.69 Å². The molecule has 1 aromatic rings. The van der Waals surface area contributed by atoms with E-state index in [9.17, 15) is 9.59 Å². The molecule has 0 spiro atoms. The lowest BCUT2D eigenvalue weighted by Gasteiger charge is -2.25. The molecule has 0 aromatic heterocycles. The maximum atomic E-state index is 12.2. The summed E-state index contributed by atoms with van der Waals surface area (Å²) in [5.41, 5.74) is 0.933. The maximum absolute atomic E-state index is 12.2. The lowest BCUT2D eigenvalue weighted by atomic mass is 10.2. The molecule has 0 radical (unpaired) electrons. The Balaban J connectivity index is 2.00. The first-order chi connectivity index (χ1) is 10.5. The largest absolute Gasteiger partial charge is 0.347 e. The van der Waals surface area contributed by atoms with E-state index in [4.69, 9.17) is 5.26 Å². The van der Waals surface area contributed by atoms with Gasteiger partial charge in [0.05, 0.1) is 23.8 Å². The first-order valence-electron chi connectivity index (χ1n) is 7.27. The fourth-order valence-corrected chi connectivity index (χ4v) is 2.66. The number of nitrogens with zero attached hydrogens (tertiary/aromatic N) is 3. The van der Waals surface area contributed by atoms with Gasteiger partial charge in [0.15, 0.2) is 0 Å². The van der Waals surface area contributed by atoms with Crippen molar-refractivity contribution in [2.45, 2.75) is 18.9 Å². The molecule has 22 heavy (non-hydrogen) atoms. The molecule has 6 nitrogen and oxygen atoms in total. The lowest BCUT2D eigenvalue weighted by molar-refractivity contribution is -0.133. The highest BCUT2D eigenvalue weighted by atomic mass is 16.2. The van der Waals surface area contributed by atoms with Crippen molar-refractivity contribution < 1.29 is 9.59 Å². The van der Waals surface area contributed by atoms with Crippen molar-refractivity contribution in [3.63, 3.8) is 0 Å². The van der Waals surface area contributed by atoms with Crippen LogP contribution in [0.3, 0.4) is 0 Å². The Bertz CT molecular complexity index is 606. The molecule has 2 amide bonds. The fourth-order valence-electron chi connectivity index (χ4n) is 2.66. The molecular formula is C16H20N4O2. The fraction of sp³-hybridized carbons (Fsp3) is 0.438. The summed E-state index contributed by atoms with van der Waals surface area (Å²) in [6.45, 7) is 0.890. The van der Waals surface area contributed by atoms with Crippen LogP contribution in [0.1, 0.15) is 18.4 Å². The second-order valence-electron chi connectivity index (χ2n) is 5.57. The molecule has 1 aliphatic heterocycles. The number of para-hydroxylation sites is 1. The predicted molar refractivity (Wildman–Crippen MR) is 83.1 cm³/mol. The molecule has 0 bridgehead atoms. The molecule has 2 rings (SSSR count). The van der Waals surface area contributed by atoms with Crippen molar-refractivity contribution in [1.29, 1.82) is 5.26 Å². The topological polar surface area (TPSA) is 76.4 Å². The molecule has 1 aromatic carbocycles. The van der Waals surface area contributed by atoms with Crippen molar-refractivity contribution in [1.82, 2.24) is 9.80 Å². The van der Waals surface area contributed by atoms with E-state index in [1.807, 2.05) is 11.0 Å². The Morgan fingerprint density at radius 1 is 1.41 bits per heavy atom. The van der Waals surface area contributed by atoms with Crippen molar-refractivity contribution in [2.24, 2.45) is 0 Å². The van der Waals surface area contributed by atoms with Gasteiger partial charge in [-0.1, -0.05) is 12.1 Å². The third-order valence-electron chi connectivity index (χ3n) is 3.76. The van der Waals surface area contributed by atoms with Crippen molar-refractivity contribution in [3.8, 4) is 6.07 Å². The monoisotopic (exact) mass is 300 g/mol. The van der Waals surface area contributed by atoms with Gasteiger partial charge in [-0.15, -0.1) is 0 Å². The Kier molecular flexibility index (Phi) is 5.12. The van der Waals surface area contributed by atoms with E-state index in [1.54, 1.807) is 43.3 Å². The van der Waals surface area contributed by atoms with Gasteiger partial charge in [-0.05, 0) is 31.5 Å². The van der Waals surface area contributed by atoms with Crippen LogP contribution in [0.2, 0.25) is 0 Å². The average Bonchev–Trinajstić information content (AvgIpc) is 2.94. The zero-order chi connectivity index (χ0) is 16.1. The van der Waals surface area contributed by atoms with Gasteiger partial charge in [0, 0.05) is 14.1 Å². The molecule has 1 aliphatic rings. The smallest absolute Gasteiger partial charge is 0.239 e. The molecule has 0 saturated carbocycles. The highest BCUT2D eigenvalue weighted by Gasteiger charge is 2.32. The molecular weight excluding hydrogens is 280 g/mol. The summed E-state index contributed by atoms with van der Waals surface area (Å²) in [5.74, 6) is -0.177. The van der Waals surface area contributed by atoms with Crippen LogP contribution < -0.4 is 5.32 Å². The number of benzene rings is 1. The molecule has 1 heterocycles. The average molecular weight is 300 g/mol. The number of likely N-dealkylation sites (N-methyl/N-ethyl adjacent to an activating group) is 1. The summed E-state index contributed by atoms with van der Waals surface area (Å²) in [5, 5.41) is 11.8. The molecule has 116 valence electrons. The summed E-state index contributed by atoms with van der Waals surface area (Å²) in [6.07, 6.45) is 1.69. The minimum atomic E-state index is -0.230. The van der Waals surface area contributed by atoms with E-state index in [0.29, 0.717) is 11.3 Å². The molecule has 1 atom stereocenters. The van der Waals surface area contributed by atoms with Crippen LogP contribution >= 0.6 is 0 Å². The number of rotatable bonds is 4. The number of hydrogen-bond acceptors (Lipinski definition) is 4. The van der Waals surface area contributed by atoms with Crippen molar-refractivity contribution in [3.05, 3.63) is 29.8 Å². The second-order valence-corrected chi connectivity index (χ2v) is 5.57. The quantitative estimate of drug-likeness (QED) is 0.901. The number of likely N-dealkylation sites (tertiary alicyclic amines) is 1. The Morgan fingerprint density at radius 2 is 2.14 bits per heavy atom. The van der Waals surface area contributed by atoms with Crippen LogP contribution in [0.25, 0.3) is 0 Å². The Hall–Kier alpha value is -2.39. The maximum Gasteiger partial charge on any atom is 0.239 e. The zero-order valence-corrected chi connectivity index (χ0v) is 12.9. The Labute approximate surface area is 130 Å². The molecule has 1 saturated heterocycles. The van der Waals surface area contributed by atoms with E-state index < -0.39 is 0 Å².